The van der Waals surface area contributed by atoms with Crippen LogP contribution in [0.15, 0.2) is 65.7 Å². The summed E-state index contributed by atoms with van der Waals surface area (Å²) in [6.07, 6.45) is 3.04. The van der Waals surface area contributed by atoms with Gasteiger partial charge in [-0.15, -0.1) is 0 Å². The van der Waals surface area contributed by atoms with Crippen molar-refractivity contribution in [3.8, 4) is 0 Å². The lowest BCUT2D eigenvalue weighted by molar-refractivity contribution is -0.133. The molecule has 0 bridgehead atoms. The van der Waals surface area contributed by atoms with E-state index >= 15 is 0 Å². The van der Waals surface area contributed by atoms with Gasteiger partial charge in [-0.1, -0.05) is 60.7 Å². The zero-order chi connectivity index (χ0) is 22.8. The van der Waals surface area contributed by atoms with Crippen LogP contribution in [0.25, 0.3) is 0 Å². The molecule has 6 nitrogen and oxygen atoms in total. The molecule has 1 aliphatic rings. The number of rotatable bonds is 9. The molecule has 6 heteroatoms. The molecule has 0 spiro atoms. The second-order valence-corrected chi connectivity index (χ2v) is 8.53. The Morgan fingerprint density at radius 3 is 2.25 bits per heavy atom. The lowest BCUT2D eigenvalue weighted by Crippen LogP contribution is -2.44. The van der Waals surface area contributed by atoms with Gasteiger partial charge in [-0.05, 0) is 36.9 Å². The van der Waals surface area contributed by atoms with E-state index in [1.54, 1.807) is 4.90 Å². The number of aliphatic imine (C=N–C) groups is 1. The van der Waals surface area contributed by atoms with Crippen molar-refractivity contribution in [1.29, 1.82) is 0 Å². The summed E-state index contributed by atoms with van der Waals surface area (Å²) in [6.45, 7) is 3.51. The highest BCUT2D eigenvalue weighted by Crippen LogP contribution is 2.23. The number of hydrogen-bond acceptors (Lipinski definition) is 3. The molecule has 1 amide bonds. The molecule has 1 fully saturated rings. The topological polar surface area (TPSA) is 60.0 Å². The first-order chi connectivity index (χ1) is 15.6. The molecule has 2 aromatic rings. The Morgan fingerprint density at radius 1 is 1.06 bits per heavy atom. The fourth-order valence-corrected chi connectivity index (χ4v) is 4.38. The summed E-state index contributed by atoms with van der Waals surface area (Å²) < 4.78 is 0. The molecule has 1 heterocycles. The average Bonchev–Trinajstić information content (AvgIpc) is 3.29. The summed E-state index contributed by atoms with van der Waals surface area (Å²) in [7, 11) is 5.49. The summed E-state index contributed by atoms with van der Waals surface area (Å²) >= 11 is 0. The normalized spacial score (nSPS) is 16.9. The molecular formula is C26H37N5O. The zero-order valence-corrected chi connectivity index (χ0v) is 19.6. The van der Waals surface area contributed by atoms with Crippen LogP contribution < -0.4 is 10.6 Å². The number of nitrogens with zero attached hydrogens (tertiary/aromatic N) is 3. The molecular weight excluding hydrogens is 398 g/mol. The summed E-state index contributed by atoms with van der Waals surface area (Å²) in [5.41, 5.74) is 2.57. The standard InChI is InChI=1S/C26H37N5O/c1-27-26(28-17-11-19-31-18-10-16-24(31)25(32)30(2)3)29-20-23(21-12-6-4-7-13-21)22-14-8-5-9-15-22/h4-9,12-15,23-24H,10-11,16-20H2,1-3H3,(H2,27,28,29). The van der Waals surface area contributed by atoms with Crippen molar-refractivity contribution in [3.05, 3.63) is 71.8 Å². The molecule has 0 radical (unpaired) electrons. The number of guanidine groups is 1. The fourth-order valence-electron chi connectivity index (χ4n) is 4.38. The number of amides is 1. The van der Waals surface area contributed by atoms with Crippen molar-refractivity contribution < 1.29 is 4.79 Å². The number of benzene rings is 2. The van der Waals surface area contributed by atoms with Gasteiger partial charge < -0.3 is 15.5 Å². The van der Waals surface area contributed by atoms with E-state index in [2.05, 4.69) is 81.2 Å². The van der Waals surface area contributed by atoms with E-state index in [-0.39, 0.29) is 17.9 Å². The molecule has 1 unspecified atom stereocenters. The SMILES string of the molecule is CN=C(NCCCN1CCCC1C(=O)N(C)C)NCC(c1ccccc1)c1ccccc1. The van der Waals surface area contributed by atoms with E-state index < -0.39 is 0 Å². The van der Waals surface area contributed by atoms with Crippen LogP contribution in [-0.4, -0.2) is 75.0 Å². The van der Waals surface area contributed by atoms with Crippen molar-refractivity contribution in [1.82, 2.24) is 20.4 Å². The van der Waals surface area contributed by atoms with Crippen LogP contribution in [0, 0.1) is 0 Å². The summed E-state index contributed by atoms with van der Waals surface area (Å²) in [4.78, 5) is 20.8. The van der Waals surface area contributed by atoms with Crippen LogP contribution in [-0.2, 0) is 4.79 Å². The largest absolute Gasteiger partial charge is 0.356 e. The zero-order valence-electron chi connectivity index (χ0n) is 19.6. The number of hydrogen-bond donors (Lipinski definition) is 2. The van der Waals surface area contributed by atoms with Crippen LogP contribution in [0.3, 0.4) is 0 Å². The first-order valence-electron chi connectivity index (χ1n) is 11.6. The van der Waals surface area contributed by atoms with Gasteiger partial charge in [0.2, 0.25) is 5.91 Å². The smallest absolute Gasteiger partial charge is 0.239 e. The van der Waals surface area contributed by atoms with Gasteiger partial charge in [0.15, 0.2) is 5.96 Å². The summed E-state index contributed by atoms with van der Waals surface area (Å²) in [5.74, 6) is 1.28. The van der Waals surface area contributed by atoms with Gasteiger partial charge in [-0.2, -0.15) is 0 Å². The molecule has 32 heavy (non-hydrogen) atoms. The van der Waals surface area contributed by atoms with Gasteiger partial charge >= 0.3 is 0 Å². The van der Waals surface area contributed by atoms with Gasteiger partial charge in [-0.25, -0.2) is 0 Å². The van der Waals surface area contributed by atoms with Gasteiger partial charge in [0, 0.05) is 46.7 Å². The van der Waals surface area contributed by atoms with Gasteiger partial charge in [0.1, 0.15) is 0 Å². The van der Waals surface area contributed by atoms with E-state index in [1.165, 1.54) is 11.1 Å². The molecule has 172 valence electrons. The number of likely N-dealkylation sites (tertiary alicyclic amines) is 1. The Labute approximate surface area is 192 Å². The maximum atomic E-state index is 12.4. The Balaban J connectivity index is 1.49. The van der Waals surface area contributed by atoms with Crippen LogP contribution in [0.2, 0.25) is 0 Å². The molecule has 0 aliphatic carbocycles. The average molecular weight is 436 g/mol. The third-order valence-corrected chi connectivity index (χ3v) is 6.11. The minimum Gasteiger partial charge on any atom is -0.356 e. The molecule has 1 aliphatic heterocycles. The third-order valence-electron chi connectivity index (χ3n) is 6.11. The van der Waals surface area contributed by atoms with E-state index in [9.17, 15) is 4.79 Å². The molecule has 0 saturated carbocycles. The Morgan fingerprint density at radius 2 is 1.69 bits per heavy atom. The molecule has 0 aromatic heterocycles. The van der Waals surface area contributed by atoms with E-state index in [1.807, 2.05) is 21.1 Å². The second-order valence-electron chi connectivity index (χ2n) is 8.53. The monoisotopic (exact) mass is 435 g/mol. The van der Waals surface area contributed by atoms with Crippen molar-refractivity contribution in [2.75, 3.05) is 47.3 Å². The van der Waals surface area contributed by atoms with Crippen molar-refractivity contribution in [2.24, 2.45) is 4.99 Å². The highest BCUT2D eigenvalue weighted by Gasteiger charge is 2.30. The predicted octanol–water partition coefficient (Wildman–Crippen LogP) is 2.93. The number of carbonyl (C=O) groups is 1. The minimum absolute atomic E-state index is 0.0416. The predicted molar refractivity (Wildman–Crippen MR) is 132 cm³/mol. The summed E-state index contributed by atoms with van der Waals surface area (Å²) in [6, 6.07) is 21.2. The number of nitrogens with one attached hydrogen (secondary N) is 2. The molecule has 1 saturated heterocycles. The molecule has 2 aromatic carbocycles. The lowest BCUT2D eigenvalue weighted by atomic mass is 9.91. The summed E-state index contributed by atoms with van der Waals surface area (Å²) in [5, 5.41) is 6.94. The van der Waals surface area contributed by atoms with Gasteiger partial charge in [0.25, 0.3) is 0 Å². The maximum absolute atomic E-state index is 12.4. The van der Waals surface area contributed by atoms with Crippen molar-refractivity contribution >= 4 is 11.9 Å². The second kappa shape index (κ2) is 12.2. The van der Waals surface area contributed by atoms with Crippen molar-refractivity contribution in [3.63, 3.8) is 0 Å². The van der Waals surface area contributed by atoms with Crippen LogP contribution >= 0.6 is 0 Å². The quantitative estimate of drug-likeness (QED) is 0.361. The van der Waals surface area contributed by atoms with Gasteiger partial charge in [0.05, 0.1) is 6.04 Å². The van der Waals surface area contributed by atoms with E-state index in [0.29, 0.717) is 0 Å². The highest BCUT2D eigenvalue weighted by molar-refractivity contribution is 5.81. The lowest BCUT2D eigenvalue weighted by Gasteiger charge is -2.26. The molecule has 2 N–H and O–H groups in total. The number of likely N-dealkylation sites (N-methyl/N-ethyl adjacent to an activating group) is 1. The minimum atomic E-state index is 0.0416. The van der Waals surface area contributed by atoms with Crippen LogP contribution in [0.4, 0.5) is 0 Å². The van der Waals surface area contributed by atoms with Crippen molar-refractivity contribution in [2.45, 2.75) is 31.2 Å². The Bertz CT molecular complexity index is 814. The number of carbonyl (C=O) groups excluding carboxylic acids is 1. The molecule has 3 rings (SSSR count). The Hall–Kier alpha value is -2.86. The Kier molecular flexibility index (Phi) is 9.11. The van der Waals surface area contributed by atoms with Crippen LogP contribution in [0.1, 0.15) is 36.3 Å². The fraction of sp³-hybridized carbons (Fsp3) is 0.462. The van der Waals surface area contributed by atoms with E-state index in [4.69, 9.17) is 0 Å². The highest BCUT2D eigenvalue weighted by atomic mass is 16.2. The first-order valence-corrected chi connectivity index (χ1v) is 11.6. The van der Waals surface area contributed by atoms with Gasteiger partial charge in [-0.3, -0.25) is 14.7 Å². The molecule has 1 atom stereocenters. The van der Waals surface area contributed by atoms with E-state index in [0.717, 1.165) is 51.4 Å². The third kappa shape index (κ3) is 6.57. The maximum Gasteiger partial charge on any atom is 0.239 e. The first kappa shape index (κ1) is 23.8. The van der Waals surface area contributed by atoms with Crippen LogP contribution in [0.5, 0.6) is 0 Å².